The molecule has 20 heavy (non-hydrogen) atoms. The zero-order chi connectivity index (χ0) is 13.8. The smallest absolute Gasteiger partial charge is 0.127 e. The number of hydrogen-bond donors (Lipinski definition) is 3. The van der Waals surface area contributed by atoms with Gasteiger partial charge in [-0.25, -0.2) is 15.0 Å². The number of nitrogen functional groups attached to an aromatic ring is 1. The molecule has 0 unspecified atom stereocenters. The molecule has 0 aliphatic carbocycles. The first-order valence-electron chi connectivity index (χ1n) is 6.82. The lowest BCUT2D eigenvalue weighted by atomic mass is 10.1. The SMILES string of the molecule is Nc1cc(-c2ccc(NC3CCNCC3)nc2)ncn1. The highest BCUT2D eigenvalue weighted by atomic mass is 15.0. The molecule has 0 aromatic carbocycles. The van der Waals surface area contributed by atoms with E-state index in [4.69, 9.17) is 5.73 Å². The van der Waals surface area contributed by atoms with Crippen LogP contribution in [0.2, 0.25) is 0 Å². The quantitative estimate of drug-likeness (QED) is 0.778. The average Bonchev–Trinajstić information content (AvgIpc) is 2.49. The van der Waals surface area contributed by atoms with Gasteiger partial charge in [-0.3, -0.25) is 0 Å². The monoisotopic (exact) mass is 270 g/mol. The molecule has 4 N–H and O–H groups in total. The van der Waals surface area contributed by atoms with Crippen LogP contribution in [0, 0.1) is 0 Å². The Bertz CT molecular complexity index is 562. The van der Waals surface area contributed by atoms with Gasteiger partial charge in [-0.2, -0.15) is 0 Å². The second kappa shape index (κ2) is 5.83. The van der Waals surface area contributed by atoms with Crippen LogP contribution in [0.1, 0.15) is 12.8 Å². The van der Waals surface area contributed by atoms with Gasteiger partial charge in [-0.05, 0) is 38.1 Å². The molecule has 1 aliphatic heterocycles. The first-order chi connectivity index (χ1) is 9.81. The minimum absolute atomic E-state index is 0.465. The normalized spacial score (nSPS) is 16.0. The third-order valence-electron chi connectivity index (χ3n) is 3.44. The molecule has 3 rings (SSSR count). The molecule has 1 saturated heterocycles. The summed E-state index contributed by atoms with van der Waals surface area (Å²) in [4.78, 5) is 12.5. The van der Waals surface area contributed by atoms with Crippen molar-refractivity contribution < 1.29 is 0 Å². The summed E-state index contributed by atoms with van der Waals surface area (Å²) in [5.74, 6) is 1.37. The van der Waals surface area contributed by atoms with Crippen LogP contribution in [-0.2, 0) is 0 Å². The summed E-state index contributed by atoms with van der Waals surface area (Å²) in [6.07, 6.45) is 5.54. The summed E-state index contributed by atoms with van der Waals surface area (Å²) < 4.78 is 0. The maximum Gasteiger partial charge on any atom is 0.127 e. The molecule has 6 heteroatoms. The molecule has 2 aromatic heterocycles. The topological polar surface area (TPSA) is 88.8 Å². The highest BCUT2D eigenvalue weighted by Crippen LogP contribution is 2.19. The van der Waals surface area contributed by atoms with Crippen molar-refractivity contribution in [3.05, 3.63) is 30.7 Å². The number of pyridine rings is 1. The number of rotatable bonds is 3. The minimum atomic E-state index is 0.465. The molecule has 0 bridgehead atoms. The number of nitrogens with one attached hydrogen (secondary N) is 2. The van der Waals surface area contributed by atoms with E-state index < -0.39 is 0 Å². The van der Waals surface area contributed by atoms with E-state index in [1.165, 1.54) is 6.33 Å². The van der Waals surface area contributed by atoms with E-state index >= 15 is 0 Å². The number of hydrogen-bond acceptors (Lipinski definition) is 6. The van der Waals surface area contributed by atoms with Gasteiger partial charge < -0.3 is 16.4 Å². The number of aromatic nitrogens is 3. The number of piperidine rings is 1. The van der Waals surface area contributed by atoms with E-state index in [1.54, 1.807) is 6.07 Å². The second-order valence-corrected chi connectivity index (χ2v) is 4.93. The minimum Gasteiger partial charge on any atom is -0.384 e. The van der Waals surface area contributed by atoms with Crippen molar-refractivity contribution in [2.24, 2.45) is 0 Å². The van der Waals surface area contributed by atoms with E-state index in [1.807, 2.05) is 18.3 Å². The highest BCUT2D eigenvalue weighted by molar-refractivity contribution is 5.61. The van der Waals surface area contributed by atoms with Crippen LogP contribution < -0.4 is 16.4 Å². The van der Waals surface area contributed by atoms with E-state index in [0.717, 1.165) is 43.0 Å². The fourth-order valence-corrected chi connectivity index (χ4v) is 2.34. The molecule has 0 atom stereocenters. The Kier molecular flexibility index (Phi) is 3.73. The van der Waals surface area contributed by atoms with Gasteiger partial charge in [0.05, 0.1) is 5.69 Å². The Balaban J connectivity index is 1.71. The Hall–Kier alpha value is -2.21. The first-order valence-corrected chi connectivity index (χ1v) is 6.82. The molecule has 0 amide bonds. The largest absolute Gasteiger partial charge is 0.384 e. The summed E-state index contributed by atoms with van der Waals surface area (Å²) in [5, 5.41) is 6.81. The Morgan fingerprint density at radius 2 is 2.00 bits per heavy atom. The molecule has 3 heterocycles. The summed E-state index contributed by atoms with van der Waals surface area (Å²) in [6.45, 7) is 2.13. The van der Waals surface area contributed by atoms with E-state index in [-0.39, 0.29) is 0 Å². The van der Waals surface area contributed by atoms with Crippen LogP contribution in [0.4, 0.5) is 11.6 Å². The molecule has 0 radical (unpaired) electrons. The van der Waals surface area contributed by atoms with E-state index in [9.17, 15) is 0 Å². The summed E-state index contributed by atoms with van der Waals surface area (Å²) in [6, 6.07) is 6.23. The van der Waals surface area contributed by atoms with Crippen LogP contribution in [0.15, 0.2) is 30.7 Å². The van der Waals surface area contributed by atoms with Crippen LogP contribution in [0.5, 0.6) is 0 Å². The molecule has 0 spiro atoms. The summed E-state index contributed by atoms with van der Waals surface area (Å²) in [7, 11) is 0. The third-order valence-corrected chi connectivity index (χ3v) is 3.44. The van der Waals surface area contributed by atoms with Crippen molar-refractivity contribution in [2.75, 3.05) is 24.1 Å². The van der Waals surface area contributed by atoms with Crippen molar-refractivity contribution >= 4 is 11.6 Å². The van der Waals surface area contributed by atoms with Crippen molar-refractivity contribution in [3.63, 3.8) is 0 Å². The average molecular weight is 270 g/mol. The molecule has 1 aliphatic rings. The molecule has 2 aromatic rings. The van der Waals surface area contributed by atoms with E-state index in [0.29, 0.717) is 11.9 Å². The van der Waals surface area contributed by atoms with Gasteiger partial charge in [-0.15, -0.1) is 0 Å². The van der Waals surface area contributed by atoms with Crippen LogP contribution in [-0.4, -0.2) is 34.1 Å². The van der Waals surface area contributed by atoms with Crippen LogP contribution >= 0.6 is 0 Å². The zero-order valence-corrected chi connectivity index (χ0v) is 11.2. The van der Waals surface area contributed by atoms with Crippen LogP contribution in [0.25, 0.3) is 11.3 Å². The maximum absolute atomic E-state index is 5.66. The summed E-state index contributed by atoms with van der Waals surface area (Å²) in [5.41, 5.74) is 7.39. The predicted octanol–water partition coefficient (Wildman–Crippen LogP) is 1.28. The van der Waals surface area contributed by atoms with Gasteiger partial charge in [0.1, 0.15) is 18.0 Å². The van der Waals surface area contributed by atoms with Crippen LogP contribution in [0.3, 0.4) is 0 Å². The fraction of sp³-hybridized carbons (Fsp3) is 0.357. The van der Waals surface area contributed by atoms with E-state index in [2.05, 4.69) is 25.6 Å². The molecule has 104 valence electrons. The third kappa shape index (κ3) is 3.03. The van der Waals surface area contributed by atoms with Gasteiger partial charge in [0.15, 0.2) is 0 Å². The zero-order valence-electron chi connectivity index (χ0n) is 11.2. The van der Waals surface area contributed by atoms with Crippen molar-refractivity contribution in [1.82, 2.24) is 20.3 Å². The van der Waals surface area contributed by atoms with Gasteiger partial charge in [0.2, 0.25) is 0 Å². The lowest BCUT2D eigenvalue weighted by Gasteiger charge is -2.24. The van der Waals surface area contributed by atoms with Gasteiger partial charge in [0.25, 0.3) is 0 Å². The molecular formula is C14H18N6. The van der Waals surface area contributed by atoms with Crippen molar-refractivity contribution in [2.45, 2.75) is 18.9 Å². The Morgan fingerprint density at radius 1 is 1.15 bits per heavy atom. The lowest BCUT2D eigenvalue weighted by molar-refractivity contribution is 0.478. The molecule has 6 nitrogen and oxygen atoms in total. The lowest BCUT2D eigenvalue weighted by Crippen LogP contribution is -2.35. The number of anilines is 2. The Morgan fingerprint density at radius 3 is 2.70 bits per heavy atom. The standard InChI is InChI=1S/C14H18N6/c15-13-7-12(18-9-19-13)10-1-2-14(17-8-10)20-11-3-5-16-6-4-11/h1-2,7-9,11,16H,3-6H2,(H,17,20)(H2,15,18,19). The fourth-order valence-electron chi connectivity index (χ4n) is 2.34. The summed E-state index contributed by atoms with van der Waals surface area (Å²) >= 11 is 0. The predicted molar refractivity (Wildman–Crippen MR) is 79.2 cm³/mol. The van der Waals surface area contributed by atoms with Crippen molar-refractivity contribution in [1.29, 1.82) is 0 Å². The first kappa shape index (κ1) is 12.8. The van der Waals surface area contributed by atoms with Crippen molar-refractivity contribution in [3.8, 4) is 11.3 Å². The molecular weight excluding hydrogens is 252 g/mol. The molecule has 0 saturated carbocycles. The highest BCUT2D eigenvalue weighted by Gasteiger charge is 2.12. The van der Waals surface area contributed by atoms with Gasteiger partial charge >= 0.3 is 0 Å². The molecule has 1 fully saturated rings. The van der Waals surface area contributed by atoms with Gasteiger partial charge in [0, 0.05) is 23.9 Å². The number of nitrogens with zero attached hydrogens (tertiary/aromatic N) is 3. The van der Waals surface area contributed by atoms with Gasteiger partial charge in [-0.1, -0.05) is 0 Å². The number of nitrogens with two attached hydrogens (primary N) is 1. The second-order valence-electron chi connectivity index (χ2n) is 4.93. The Labute approximate surface area is 117 Å². The maximum atomic E-state index is 5.66.